The quantitative estimate of drug-likeness (QED) is 0.254. The number of phosphoric ester groups is 1. The number of imidazole rings is 1. The van der Waals surface area contributed by atoms with E-state index in [0.29, 0.717) is 0 Å². The SMILES string of the molecule is Nc1nc2c(ncn2[C@@H]2O[C@H](COP(=O)(O)CP(=O)(O)O)C3OP(=O)(O)OC32)c(=O)[nH]1. The predicted octanol–water partition coefficient (Wildman–Crippen LogP) is -1.18. The number of hydrogen-bond donors (Lipinski definition) is 6. The summed E-state index contributed by atoms with van der Waals surface area (Å²) in [5, 5.41) is 0. The fourth-order valence-electron chi connectivity index (χ4n) is 3.23. The van der Waals surface area contributed by atoms with Crippen LogP contribution in [0, 0.1) is 0 Å². The second kappa shape index (κ2) is 7.54. The number of rotatable bonds is 6. The molecule has 0 spiro atoms. The number of nitrogens with one attached hydrogen (secondary N) is 1. The van der Waals surface area contributed by atoms with Crippen LogP contribution in [0.5, 0.6) is 0 Å². The molecule has 0 bridgehead atoms. The Morgan fingerprint density at radius 2 is 1.97 bits per heavy atom. The van der Waals surface area contributed by atoms with E-state index in [-0.39, 0.29) is 17.1 Å². The minimum absolute atomic E-state index is 0.0378. The van der Waals surface area contributed by atoms with Gasteiger partial charge in [-0.2, -0.15) is 4.98 Å². The first kappa shape index (κ1) is 22.7. The van der Waals surface area contributed by atoms with Crippen LogP contribution < -0.4 is 11.3 Å². The molecule has 7 N–H and O–H groups in total. The summed E-state index contributed by atoms with van der Waals surface area (Å²) in [6.07, 6.45) is -3.88. The number of H-pyrrole nitrogens is 1. The van der Waals surface area contributed by atoms with Crippen LogP contribution in [0.3, 0.4) is 0 Å². The van der Waals surface area contributed by atoms with Crippen molar-refractivity contribution >= 4 is 40.1 Å². The fraction of sp³-hybridized carbons (Fsp3) is 0.545. The van der Waals surface area contributed by atoms with Crippen LogP contribution in [0.4, 0.5) is 5.95 Å². The van der Waals surface area contributed by atoms with E-state index in [4.69, 9.17) is 33.8 Å². The number of ether oxygens (including phenoxy) is 1. The van der Waals surface area contributed by atoms with Crippen molar-refractivity contribution in [1.82, 2.24) is 19.5 Å². The lowest BCUT2D eigenvalue weighted by atomic mass is 10.1. The van der Waals surface area contributed by atoms with Crippen molar-refractivity contribution in [1.29, 1.82) is 0 Å². The number of nitrogens with two attached hydrogens (primary N) is 1. The van der Waals surface area contributed by atoms with Gasteiger partial charge < -0.3 is 34.6 Å². The maximum absolute atomic E-state index is 12.0. The summed E-state index contributed by atoms with van der Waals surface area (Å²) in [4.78, 5) is 59.2. The maximum Gasteiger partial charge on any atom is 0.473 e. The Balaban J connectivity index is 1.63. The topological polar surface area (TPSA) is 259 Å². The van der Waals surface area contributed by atoms with Gasteiger partial charge in [0.25, 0.3) is 5.56 Å². The lowest BCUT2D eigenvalue weighted by Gasteiger charge is -2.20. The highest BCUT2D eigenvalue weighted by molar-refractivity contribution is 7.70. The summed E-state index contributed by atoms with van der Waals surface area (Å²) < 4.78 is 56.4. The first-order valence-corrected chi connectivity index (χ1v) is 13.4. The van der Waals surface area contributed by atoms with Crippen LogP contribution in [0.15, 0.2) is 11.1 Å². The Labute approximate surface area is 171 Å². The molecule has 2 fully saturated rings. The van der Waals surface area contributed by atoms with Crippen molar-refractivity contribution in [2.75, 3.05) is 18.2 Å². The minimum atomic E-state index is -4.86. The van der Waals surface area contributed by atoms with E-state index in [1.54, 1.807) is 0 Å². The van der Waals surface area contributed by atoms with Gasteiger partial charge in [-0.1, -0.05) is 0 Å². The molecule has 0 saturated carbocycles. The molecule has 0 amide bonds. The molecule has 0 aliphatic carbocycles. The van der Waals surface area contributed by atoms with Crippen molar-refractivity contribution < 1.29 is 51.6 Å². The Hall–Kier alpha value is -1.48. The summed E-state index contributed by atoms with van der Waals surface area (Å²) in [5.41, 5.74) is 4.75. The summed E-state index contributed by atoms with van der Waals surface area (Å²) >= 11 is 0. The maximum atomic E-state index is 12.0. The molecule has 2 aliphatic rings. The van der Waals surface area contributed by atoms with Crippen molar-refractivity contribution in [3.05, 3.63) is 16.7 Å². The molecule has 2 aromatic rings. The summed E-state index contributed by atoms with van der Waals surface area (Å²) in [6, 6.07) is 0. The first-order chi connectivity index (χ1) is 14.2. The number of aromatic nitrogens is 4. The van der Waals surface area contributed by atoms with Crippen LogP contribution in [-0.4, -0.2) is 69.9 Å². The molecule has 20 heteroatoms. The third-order valence-electron chi connectivity index (χ3n) is 4.32. The number of hydrogen-bond acceptors (Lipinski definition) is 11. The highest BCUT2D eigenvalue weighted by Crippen LogP contribution is 2.60. The zero-order valence-corrected chi connectivity index (χ0v) is 17.8. The normalized spacial score (nSPS) is 32.9. The molecule has 6 atom stereocenters. The zero-order chi connectivity index (χ0) is 22.8. The van der Waals surface area contributed by atoms with Crippen molar-refractivity contribution in [3.8, 4) is 0 Å². The van der Waals surface area contributed by atoms with Crippen LogP contribution in [0.1, 0.15) is 6.23 Å². The van der Waals surface area contributed by atoms with Gasteiger partial charge in [0.2, 0.25) is 5.95 Å². The molecule has 172 valence electrons. The van der Waals surface area contributed by atoms with Crippen LogP contribution in [0.25, 0.3) is 11.2 Å². The zero-order valence-electron chi connectivity index (χ0n) is 15.1. The van der Waals surface area contributed by atoms with Crippen molar-refractivity contribution in [2.45, 2.75) is 24.5 Å². The Morgan fingerprint density at radius 1 is 1.29 bits per heavy atom. The number of fused-ring (bicyclic) bond motifs is 2. The van der Waals surface area contributed by atoms with E-state index in [2.05, 4.69) is 15.0 Å². The molecule has 4 heterocycles. The summed E-state index contributed by atoms with van der Waals surface area (Å²) in [5.74, 6) is -1.66. The molecule has 2 aliphatic heterocycles. The molecule has 0 radical (unpaired) electrons. The third-order valence-corrected chi connectivity index (χ3v) is 8.80. The van der Waals surface area contributed by atoms with Gasteiger partial charge in [0, 0.05) is 0 Å². The van der Waals surface area contributed by atoms with E-state index < -0.39 is 65.6 Å². The van der Waals surface area contributed by atoms with E-state index in [1.807, 2.05) is 0 Å². The Morgan fingerprint density at radius 3 is 2.65 bits per heavy atom. The molecule has 4 unspecified atom stereocenters. The van der Waals surface area contributed by atoms with Crippen LogP contribution in [0.2, 0.25) is 0 Å². The van der Waals surface area contributed by atoms with E-state index in [9.17, 15) is 28.3 Å². The van der Waals surface area contributed by atoms with E-state index in [1.165, 1.54) is 4.57 Å². The Kier molecular flexibility index (Phi) is 5.52. The summed E-state index contributed by atoms with van der Waals surface area (Å²) in [6.45, 7) is -0.739. The number of aromatic amines is 1. The molecule has 2 saturated heterocycles. The average Bonchev–Trinajstić information content (AvgIpc) is 3.22. The van der Waals surface area contributed by atoms with Gasteiger partial charge in [-0.05, 0) is 0 Å². The second-order valence-corrected chi connectivity index (χ2v) is 12.0. The average molecular weight is 503 g/mol. The monoisotopic (exact) mass is 503 g/mol. The highest BCUT2D eigenvalue weighted by atomic mass is 31.2. The van der Waals surface area contributed by atoms with Gasteiger partial charge >= 0.3 is 23.0 Å². The van der Waals surface area contributed by atoms with Crippen LogP contribution in [-0.2, 0) is 32.0 Å². The minimum Gasteiger partial charge on any atom is -0.369 e. The third kappa shape index (κ3) is 4.67. The lowest BCUT2D eigenvalue weighted by molar-refractivity contribution is -0.0561. The van der Waals surface area contributed by atoms with E-state index >= 15 is 0 Å². The van der Waals surface area contributed by atoms with Gasteiger partial charge in [-0.15, -0.1) is 0 Å². The molecule has 17 nitrogen and oxygen atoms in total. The predicted molar refractivity (Wildman–Crippen MR) is 98.7 cm³/mol. The smallest absolute Gasteiger partial charge is 0.369 e. The molecule has 2 aromatic heterocycles. The van der Waals surface area contributed by atoms with Gasteiger partial charge in [0.15, 0.2) is 23.3 Å². The highest BCUT2D eigenvalue weighted by Gasteiger charge is 2.58. The van der Waals surface area contributed by atoms with Gasteiger partial charge in [-0.25, -0.2) is 9.55 Å². The standard InChI is InChI=1S/C11H16N5O12P3/c12-11-14-8-5(9(17)15-11)13-2-16(8)10-7-6(27-31(23,24)28-7)4(26-10)1-25-30(21,22)3-29(18,19)20/h2,4,6-7,10H,1,3H2,(H,21,22)(H,23,24)(H2,18,19,20)(H3,12,14,15,17)/t4-,6?,7?,10-/m1/s1. The molecular weight excluding hydrogens is 487 g/mol. The number of nitrogens with zero attached hydrogens (tertiary/aromatic N) is 3. The van der Waals surface area contributed by atoms with Gasteiger partial charge in [0.05, 0.1) is 12.9 Å². The number of phosphoric acid groups is 1. The van der Waals surface area contributed by atoms with Gasteiger partial charge in [-0.3, -0.25) is 32.5 Å². The summed E-state index contributed by atoms with van der Waals surface area (Å²) in [7, 11) is -14.1. The Bertz CT molecular complexity index is 1220. The fourth-order valence-corrected chi connectivity index (χ4v) is 6.94. The van der Waals surface area contributed by atoms with E-state index in [0.717, 1.165) is 6.33 Å². The largest absolute Gasteiger partial charge is 0.473 e. The first-order valence-electron chi connectivity index (χ1n) is 8.33. The molecule has 4 rings (SSSR count). The lowest BCUT2D eigenvalue weighted by Crippen LogP contribution is -2.31. The van der Waals surface area contributed by atoms with Crippen molar-refractivity contribution in [3.63, 3.8) is 0 Å². The van der Waals surface area contributed by atoms with Crippen molar-refractivity contribution in [2.24, 2.45) is 0 Å². The van der Waals surface area contributed by atoms with Crippen LogP contribution >= 0.6 is 23.0 Å². The molecule has 0 aromatic carbocycles. The number of anilines is 1. The number of nitrogen functional groups attached to an aromatic ring is 1. The molecule has 31 heavy (non-hydrogen) atoms. The second-order valence-electron chi connectivity index (χ2n) is 6.69. The molecular formula is C11H16N5O12P3. The van der Waals surface area contributed by atoms with Gasteiger partial charge in [0.1, 0.15) is 18.3 Å².